The predicted octanol–water partition coefficient (Wildman–Crippen LogP) is 3.47. The first-order valence-electron chi connectivity index (χ1n) is 7.30. The molecule has 3 aromatic rings. The zero-order valence-electron chi connectivity index (χ0n) is 12.9. The van der Waals surface area contributed by atoms with Crippen molar-refractivity contribution in [3.63, 3.8) is 0 Å². The maximum Gasteiger partial charge on any atom is 0.333 e. The molecule has 0 saturated carbocycles. The van der Waals surface area contributed by atoms with E-state index in [4.69, 9.17) is 16.3 Å². The number of nitrogens with one attached hydrogen (secondary N) is 2. The summed E-state index contributed by atoms with van der Waals surface area (Å²) in [5, 5.41) is 4.14. The molecule has 2 aromatic carbocycles. The van der Waals surface area contributed by atoms with E-state index in [2.05, 4.69) is 10.3 Å². The van der Waals surface area contributed by atoms with Gasteiger partial charge in [-0.05, 0) is 17.7 Å². The molecule has 2 N–H and O–H groups in total. The number of halogens is 1. The summed E-state index contributed by atoms with van der Waals surface area (Å²) in [6, 6.07) is 13.2. The highest BCUT2D eigenvalue weighted by atomic mass is 35.5. The number of benzene rings is 2. The summed E-state index contributed by atoms with van der Waals surface area (Å²) in [5.41, 5.74) is 1.83. The fourth-order valence-electron chi connectivity index (χ4n) is 2.49. The highest BCUT2D eigenvalue weighted by Gasteiger charge is 2.24. The molecule has 3 rings (SSSR count). The molecule has 1 heterocycles. The minimum Gasteiger partial charge on any atom is -0.467 e. The molecular formula is C18H15ClN2O3. The molecule has 1 aromatic heterocycles. The summed E-state index contributed by atoms with van der Waals surface area (Å²) in [6.07, 6.45) is 1.66. The maximum atomic E-state index is 12.5. The predicted molar refractivity (Wildman–Crippen MR) is 92.0 cm³/mol. The number of hydrogen-bond acceptors (Lipinski definition) is 3. The van der Waals surface area contributed by atoms with Crippen LogP contribution in [0.4, 0.5) is 0 Å². The smallest absolute Gasteiger partial charge is 0.333 e. The average molecular weight is 343 g/mol. The molecule has 122 valence electrons. The second-order valence-electron chi connectivity index (χ2n) is 5.24. The number of aromatic nitrogens is 1. The average Bonchev–Trinajstić information content (AvgIpc) is 3.00. The summed E-state index contributed by atoms with van der Waals surface area (Å²) in [6.45, 7) is 0. The van der Waals surface area contributed by atoms with Gasteiger partial charge in [-0.15, -0.1) is 0 Å². The Labute approximate surface area is 143 Å². The third-order valence-corrected chi connectivity index (χ3v) is 4.05. The van der Waals surface area contributed by atoms with E-state index in [-0.39, 0.29) is 5.91 Å². The lowest BCUT2D eigenvalue weighted by atomic mass is 10.1. The lowest BCUT2D eigenvalue weighted by Gasteiger charge is -2.17. The standard InChI is InChI=1S/C18H15ClN2O3/c1-24-18(23)16(11-5-3-2-4-6-11)21-17(22)12-7-8-13-14(19)10-20-15(13)9-12/h2-10,16,20H,1H3,(H,21,22)/t16-/m1/s1. The molecule has 1 atom stereocenters. The minimum absolute atomic E-state index is 0.373. The molecule has 0 spiro atoms. The van der Waals surface area contributed by atoms with Crippen molar-refractivity contribution in [1.82, 2.24) is 10.3 Å². The number of methoxy groups -OCH3 is 1. The van der Waals surface area contributed by atoms with E-state index in [0.29, 0.717) is 16.1 Å². The molecule has 1 amide bonds. The number of ether oxygens (including phenoxy) is 1. The lowest BCUT2D eigenvalue weighted by Crippen LogP contribution is -2.34. The van der Waals surface area contributed by atoms with Crippen LogP contribution < -0.4 is 5.32 Å². The third kappa shape index (κ3) is 3.12. The fourth-order valence-corrected chi connectivity index (χ4v) is 2.71. The van der Waals surface area contributed by atoms with Crippen molar-refractivity contribution in [3.8, 4) is 0 Å². The Hall–Kier alpha value is -2.79. The zero-order chi connectivity index (χ0) is 17.1. The number of esters is 1. The highest BCUT2D eigenvalue weighted by Crippen LogP contribution is 2.24. The van der Waals surface area contributed by atoms with Gasteiger partial charge in [0.15, 0.2) is 6.04 Å². The van der Waals surface area contributed by atoms with Crippen LogP contribution in [0.1, 0.15) is 22.0 Å². The summed E-state index contributed by atoms with van der Waals surface area (Å²) in [5.74, 6) is -0.902. The fraction of sp³-hybridized carbons (Fsp3) is 0.111. The maximum absolute atomic E-state index is 12.5. The van der Waals surface area contributed by atoms with Gasteiger partial charge >= 0.3 is 5.97 Å². The van der Waals surface area contributed by atoms with E-state index >= 15 is 0 Å². The zero-order valence-corrected chi connectivity index (χ0v) is 13.6. The molecule has 5 nitrogen and oxygen atoms in total. The summed E-state index contributed by atoms with van der Waals surface area (Å²) >= 11 is 6.04. The van der Waals surface area contributed by atoms with Gasteiger partial charge < -0.3 is 15.0 Å². The van der Waals surface area contributed by atoms with E-state index in [1.54, 1.807) is 48.7 Å². The Balaban J connectivity index is 1.88. The molecule has 0 aliphatic heterocycles. The van der Waals surface area contributed by atoms with Crippen LogP contribution >= 0.6 is 11.6 Å². The summed E-state index contributed by atoms with van der Waals surface area (Å²) in [7, 11) is 1.29. The van der Waals surface area contributed by atoms with Crippen molar-refractivity contribution in [2.75, 3.05) is 7.11 Å². The number of amides is 1. The number of fused-ring (bicyclic) bond motifs is 1. The van der Waals surface area contributed by atoms with Crippen molar-refractivity contribution in [2.45, 2.75) is 6.04 Å². The first-order chi connectivity index (χ1) is 11.6. The Morgan fingerprint density at radius 3 is 2.62 bits per heavy atom. The normalized spacial score (nSPS) is 11.9. The summed E-state index contributed by atoms with van der Waals surface area (Å²) in [4.78, 5) is 27.6. The van der Waals surface area contributed by atoms with E-state index in [9.17, 15) is 9.59 Å². The monoisotopic (exact) mass is 342 g/mol. The van der Waals surface area contributed by atoms with E-state index in [1.807, 2.05) is 6.07 Å². The third-order valence-electron chi connectivity index (χ3n) is 3.74. The van der Waals surface area contributed by atoms with Crippen LogP contribution in [0, 0.1) is 0 Å². The Morgan fingerprint density at radius 2 is 1.92 bits per heavy atom. The Kier molecular flexibility index (Phi) is 4.53. The number of aromatic amines is 1. The van der Waals surface area contributed by atoms with Crippen molar-refractivity contribution >= 4 is 34.4 Å². The second kappa shape index (κ2) is 6.76. The molecule has 24 heavy (non-hydrogen) atoms. The minimum atomic E-state index is -0.869. The van der Waals surface area contributed by atoms with Gasteiger partial charge in [-0.25, -0.2) is 4.79 Å². The van der Waals surface area contributed by atoms with Crippen LogP contribution in [0.25, 0.3) is 10.9 Å². The Bertz CT molecular complexity index is 890. The Morgan fingerprint density at radius 1 is 1.17 bits per heavy atom. The van der Waals surface area contributed by atoms with Gasteiger partial charge in [-0.1, -0.05) is 48.0 Å². The largest absolute Gasteiger partial charge is 0.467 e. The van der Waals surface area contributed by atoms with E-state index in [0.717, 1.165) is 10.9 Å². The molecule has 0 saturated heterocycles. The van der Waals surface area contributed by atoms with Gasteiger partial charge in [0, 0.05) is 22.7 Å². The van der Waals surface area contributed by atoms with Crippen molar-refractivity contribution in [1.29, 1.82) is 0 Å². The van der Waals surface area contributed by atoms with Crippen LogP contribution in [0.3, 0.4) is 0 Å². The number of carbonyl (C=O) groups is 2. The van der Waals surface area contributed by atoms with Gasteiger partial charge in [0.2, 0.25) is 0 Å². The topological polar surface area (TPSA) is 71.2 Å². The van der Waals surface area contributed by atoms with Crippen molar-refractivity contribution < 1.29 is 14.3 Å². The summed E-state index contributed by atoms with van der Waals surface area (Å²) < 4.78 is 4.80. The van der Waals surface area contributed by atoms with Gasteiger partial charge in [0.25, 0.3) is 5.91 Å². The van der Waals surface area contributed by atoms with Gasteiger partial charge in [-0.3, -0.25) is 4.79 Å². The number of H-pyrrole nitrogens is 1. The second-order valence-corrected chi connectivity index (χ2v) is 5.64. The molecule has 0 unspecified atom stereocenters. The number of hydrogen-bond donors (Lipinski definition) is 2. The van der Waals surface area contributed by atoms with Gasteiger partial charge in [-0.2, -0.15) is 0 Å². The lowest BCUT2D eigenvalue weighted by molar-refractivity contribution is -0.143. The molecular weight excluding hydrogens is 328 g/mol. The molecule has 0 bridgehead atoms. The van der Waals surface area contributed by atoms with Crippen LogP contribution in [-0.4, -0.2) is 24.0 Å². The molecule has 0 radical (unpaired) electrons. The van der Waals surface area contributed by atoms with Gasteiger partial charge in [0.1, 0.15) is 0 Å². The van der Waals surface area contributed by atoms with Gasteiger partial charge in [0.05, 0.1) is 12.1 Å². The molecule has 0 aliphatic carbocycles. The molecule has 0 fully saturated rings. The quantitative estimate of drug-likeness (QED) is 0.713. The number of carbonyl (C=O) groups excluding carboxylic acids is 2. The van der Waals surface area contributed by atoms with Crippen molar-refractivity contribution in [2.24, 2.45) is 0 Å². The van der Waals surface area contributed by atoms with E-state index in [1.165, 1.54) is 7.11 Å². The SMILES string of the molecule is COC(=O)[C@H](NC(=O)c1ccc2c(Cl)c[nH]c2c1)c1ccccc1. The van der Waals surface area contributed by atoms with Crippen LogP contribution in [0.5, 0.6) is 0 Å². The van der Waals surface area contributed by atoms with E-state index < -0.39 is 12.0 Å². The highest BCUT2D eigenvalue weighted by molar-refractivity contribution is 6.35. The number of rotatable bonds is 4. The first kappa shape index (κ1) is 16.1. The molecule has 0 aliphatic rings. The first-order valence-corrected chi connectivity index (χ1v) is 7.68. The van der Waals surface area contributed by atoms with Crippen LogP contribution in [-0.2, 0) is 9.53 Å². The van der Waals surface area contributed by atoms with Crippen molar-refractivity contribution in [3.05, 3.63) is 70.9 Å². The van der Waals surface area contributed by atoms with Crippen LogP contribution in [0.2, 0.25) is 5.02 Å². The molecule has 6 heteroatoms. The van der Waals surface area contributed by atoms with Crippen LogP contribution in [0.15, 0.2) is 54.7 Å².